The third-order valence-corrected chi connectivity index (χ3v) is 4.44. The minimum atomic E-state index is -0.363. The van der Waals surface area contributed by atoms with Crippen LogP contribution in [-0.2, 0) is 9.53 Å². The second-order valence-electron chi connectivity index (χ2n) is 6.37. The van der Waals surface area contributed by atoms with Gasteiger partial charge in [0.1, 0.15) is 12.4 Å². The Hall–Kier alpha value is -3.35. The normalized spacial score (nSPS) is 13.2. The Kier molecular flexibility index (Phi) is 6.26. The van der Waals surface area contributed by atoms with Gasteiger partial charge in [-0.2, -0.15) is 0 Å². The summed E-state index contributed by atoms with van der Waals surface area (Å²) in [5.41, 5.74) is 1.98. The van der Waals surface area contributed by atoms with Crippen molar-refractivity contribution in [1.82, 2.24) is 0 Å². The molecule has 28 heavy (non-hydrogen) atoms. The number of carbonyl (C=O) groups is 3. The number of ketones is 1. The molecule has 7 nitrogen and oxygen atoms in total. The molecule has 1 aliphatic heterocycles. The van der Waals surface area contributed by atoms with Gasteiger partial charge in [-0.05, 0) is 55.0 Å². The lowest BCUT2D eigenvalue weighted by molar-refractivity contribution is -0.116. The van der Waals surface area contributed by atoms with E-state index in [2.05, 4.69) is 5.32 Å². The van der Waals surface area contributed by atoms with Crippen LogP contribution in [0.3, 0.4) is 0 Å². The topological polar surface area (TPSA) is 84.9 Å². The third kappa shape index (κ3) is 4.88. The molecule has 1 aliphatic rings. The molecule has 0 saturated carbocycles. The highest BCUT2D eigenvalue weighted by Crippen LogP contribution is 2.21. The van der Waals surface area contributed by atoms with Crippen molar-refractivity contribution in [2.24, 2.45) is 0 Å². The Bertz CT molecular complexity index is 846. The van der Waals surface area contributed by atoms with Crippen LogP contribution in [0.15, 0.2) is 48.5 Å². The molecule has 7 heteroatoms. The van der Waals surface area contributed by atoms with Crippen LogP contribution in [0.25, 0.3) is 0 Å². The zero-order valence-electron chi connectivity index (χ0n) is 15.6. The number of hydrogen-bond acceptors (Lipinski definition) is 5. The lowest BCUT2D eigenvalue weighted by Crippen LogP contribution is -2.23. The fourth-order valence-electron chi connectivity index (χ4n) is 2.91. The molecule has 0 aromatic heterocycles. The summed E-state index contributed by atoms with van der Waals surface area (Å²) in [6.07, 6.45) is 0.657. The molecule has 2 aromatic carbocycles. The summed E-state index contributed by atoms with van der Waals surface area (Å²) < 4.78 is 9.98. The zero-order chi connectivity index (χ0) is 19.9. The maximum Gasteiger partial charge on any atom is 0.414 e. The average molecular weight is 382 g/mol. The second-order valence-corrected chi connectivity index (χ2v) is 6.37. The summed E-state index contributed by atoms with van der Waals surface area (Å²) in [7, 11) is 1.57. The standard InChI is InChI=1S/C21H22N2O5/c1-27-18-11-5-15(6-12-18)19(24)3-2-4-20(25)22-16-7-9-17(10-8-16)23-13-14-28-21(23)26/h5-12H,2-4,13-14H2,1H3,(H,22,25). The number of amides is 2. The fraction of sp³-hybridized carbons (Fsp3) is 0.286. The maximum atomic E-state index is 12.2. The van der Waals surface area contributed by atoms with Crippen molar-refractivity contribution in [3.63, 3.8) is 0 Å². The van der Waals surface area contributed by atoms with Gasteiger partial charge in [0.25, 0.3) is 0 Å². The number of Topliss-reactive ketones (excluding diaryl/α,β-unsaturated/α-hetero) is 1. The van der Waals surface area contributed by atoms with Crippen LogP contribution in [0.1, 0.15) is 29.6 Å². The summed E-state index contributed by atoms with van der Waals surface area (Å²) in [5, 5.41) is 2.80. The van der Waals surface area contributed by atoms with E-state index in [1.165, 1.54) is 4.90 Å². The molecule has 0 atom stereocenters. The first-order valence-corrected chi connectivity index (χ1v) is 9.08. The monoisotopic (exact) mass is 382 g/mol. The quantitative estimate of drug-likeness (QED) is 0.705. The van der Waals surface area contributed by atoms with Crippen LogP contribution in [0, 0.1) is 0 Å². The summed E-state index contributed by atoms with van der Waals surface area (Å²) in [6.45, 7) is 0.902. The number of methoxy groups -OCH3 is 1. The van der Waals surface area contributed by atoms with Crippen molar-refractivity contribution in [2.75, 3.05) is 30.5 Å². The Labute approximate surface area is 163 Å². The third-order valence-electron chi connectivity index (χ3n) is 4.44. The first-order chi connectivity index (χ1) is 13.6. The largest absolute Gasteiger partial charge is 0.497 e. The van der Waals surface area contributed by atoms with E-state index in [0.29, 0.717) is 43.0 Å². The van der Waals surface area contributed by atoms with Crippen LogP contribution in [0.5, 0.6) is 5.75 Å². The molecule has 0 unspecified atom stereocenters. The van der Waals surface area contributed by atoms with E-state index in [4.69, 9.17) is 9.47 Å². The molecular weight excluding hydrogens is 360 g/mol. The van der Waals surface area contributed by atoms with E-state index < -0.39 is 0 Å². The highest BCUT2D eigenvalue weighted by atomic mass is 16.6. The number of anilines is 2. The Morgan fingerprint density at radius 3 is 2.39 bits per heavy atom. The number of benzene rings is 2. The van der Waals surface area contributed by atoms with E-state index in [-0.39, 0.29) is 24.2 Å². The van der Waals surface area contributed by atoms with Gasteiger partial charge >= 0.3 is 6.09 Å². The molecule has 2 amide bonds. The number of carbonyl (C=O) groups excluding carboxylic acids is 3. The minimum Gasteiger partial charge on any atom is -0.497 e. The van der Waals surface area contributed by atoms with Gasteiger partial charge in [0.15, 0.2) is 5.78 Å². The van der Waals surface area contributed by atoms with Crippen LogP contribution >= 0.6 is 0 Å². The van der Waals surface area contributed by atoms with Crippen LogP contribution in [0.4, 0.5) is 16.2 Å². The Morgan fingerprint density at radius 1 is 1.07 bits per heavy atom. The highest BCUT2D eigenvalue weighted by Gasteiger charge is 2.23. The summed E-state index contributed by atoms with van der Waals surface area (Å²) >= 11 is 0. The molecule has 0 spiro atoms. The van der Waals surface area contributed by atoms with Crippen molar-refractivity contribution in [3.8, 4) is 5.75 Å². The van der Waals surface area contributed by atoms with Gasteiger partial charge < -0.3 is 14.8 Å². The predicted octanol–water partition coefficient (Wildman–Crippen LogP) is 3.64. The molecule has 1 saturated heterocycles. The number of cyclic esters (lactones) is 1. The fourth-order valence-corrected chi connectivity index (χ4v) is 2.91. The van der Waals surface area contributed by atoms with E-state index in [0.717, 1.165) is 5.69 Å². The van der Waals surface area contributed by atoms with Gasteiger partial charge in [-0.25, -0.2) is 4.79 Å². The summed E-state index contributed by atoms with van der Waals surface area (Å²) in [6, 6.07) is 13.9. The molecular formula is C21H22N2O5. The number of hydrogen-bond donors (Lipinski definition) is 1. The SMILES string of the molecule is COc1ccc(C(=O)CCCC(=O)Nc2ccc(N3CCOC3=O)cc2)cc1. The van der Waals surface area contributed by atoms with Crippen molar-refractivity contribution in [1.29, 1.82) is 0 Å². The van der Waals surface area contributed by atoms with Gasteiger partial charge in [-0.1, -0.05) is 0 Å². The summed E-state index contributed by atoms with van der Waals surface area (Å²) in [5.74, 6) is 0.539. The average Bonchev–Trinajstić information content (AvgIpc) is 3.14. The smallest absolute Gasteiger partial charge is 0.414 e. The van der Waals surface area contributed by atoms with E-state index in [1.54, 1.807) is 55.6 Å². The van der Waals surface area contributed by atoms with Crippen molar-refractivity contribution >= 4 is 29.2 Å². The Balaban J connectivity index is 1.43. The summed E-state index contributed by atoms with van der Waals surface area (Å²) in [4.78, 5) is 37.3. The number of nitrogens with zero attached hydrogens (tertiary/aromatic N) is 1. The molecule has 0 aliphatic carbocycles. The number of ether oxygens (including phenoxy) is 2. The van der Waals surface area contributed by atoms with Crippen LogP contribution < -0.4 is 15.0 Å². The molecule has 1 heterocycles. The molecule has 2 aromatic rings. The zero-order valence-corrected chi connectivity index (χ0v) is 15.6. The van der Waals surface area contributed by atoms with E-state index in [9.17, 15) is 14.4 Å². The second kappa shape index (κ2) is 9.03. The molecule has 3 rings (SSSR count). The minimum absolute atomic E-state index is 0.00250. The van der Waals surface area contributed by atoms with E-state index in [1.807, 2.05) is 0 Å². The molecule has 1 fully saturated rings. The molecule has 0 bridgehead atoms. The van der Waals surface area contributed by atoms with Crippen molar-refractivity contribution in [3.05, 3.63) is 54.1 Å². The Morgan fingerprint density at radius 2 is 1.79 bits per heavy atom. The lowest BCUT2D eigenvalue weighted by Gasteiger charge is -2.13. The van der Waals surface area contributed by atoms with Gasteiger partial charge in [0.05, 0.1) is 13.7 Å². The van der Waals surface area contributed by atoms with Crippen LogP contribution in [0.2, 0.25) is 0 Å². The van der Waals surface area contributed by atoms with Gasteiger partial charge in [0.2, 0.25) is 5.91 Å². The van der Waals surface area contributed by atoms with E-state index >= 15 is 0 Å². The van der Waals surface area contributed by atoms with Crippen molar-refractivity contribution < 1.29 is 23.9 Å². The first-order valence-electron chi connectivity index (χ1n) is 9.08. The van der Waals surface area contributed by atoms with Crippen molar-refractivity contribution in [2.45, 2.75) is 19.3 Å². The first kappa shape index (κ1) is 19.4. The lowest BCUT2D eigenvalue weighted by atomic mass is 10.1. The highest BCUT2D eigenvalue weighted by molar-refractivity contribution is 5.97. The molecule has 0 radical (unpaired) electrons. The number of nitrogens with one attached hydrogen (secondary N) is 1. The van der Waals surface area contributed by atoms with Crippen LogP contribution in [-0.4, -0.2) is 38.0 Å². The van der Waals surface area contributed by atoms with Gasteiger partial charge in [-0.3, -0.25) is 14.5 Å². The van der Waals surface area contributed by atoms with Gasteiger partial charge in [0, 0.05) is 29.8 Å². The predicted molar refractivity (Wildman–Crippen MR) is 105 cm³/mol. The maximum absolute atomic E-state index is 12.2. The molecule has 146 valence electrons. The molecule has 1 N–H and O–H groups in total. The van der Waals surface area contributed by atoms with Gasteiger partial charge in [-0.15, -0.1) is 0 Å². The number of rotatable bonds is 8.